The van der Waals surface area contributed by atoms with E-state index in [0.29, 0.717) is 0 Å². The molecular weight excluding hydrogens is 487 g/mol. The van der Waals surface area contributed by atoms with Gasteiger partial charge in [0.25, 0.3) is 0 Å². The molecule has 0 heterocycles. The number of aromatic carboxylic acids is 2. The molecule has 2 rings (SSSR count). The maximum absolute atomic E-state index is 10.3. The van der Waals surface area contributed by atoms with Crippen molar-refractivity contribution in [2.45, 2.75) is 37.8 Å². The maximum Gasteiger partial charge on any atom is 4.00 e. The number of benzene rings is 1. The molecule has 2 atom stereocenters. The van der Waals surface area contributed by atoms with Crippen molar-refractivity contribution in [1.82, 2.24) is 0 Å². The van der Waals surface area contributed by atoms with E-state index >= 15 is 0 Å². The second-order valence-corrected chi connectivity index (χ2v) is 4.77. The first kappa shape index (κ1) is 26.6. The Bertz CT molecular complexity index is 447. The van der Waals surface area contributed by atoms with E-state index in [9.17, 15) is 19.8 Å². The zero-order valence-corrected chi connectivity index (χ0v) is 14.6. The summed E-state index contributed by atoms with van der Waals surface area (Å²) < 4.78 is 0. The predicted molar refractivity (Wildman–Crippen MR) is 73.4 cm³/mol. The number of carboxylic acids is 2. The van der Waals surface area contributed by atoms with Crippen molar-refractivity contribution in [2.24, 2.45) is 11.5 Å². The van der Waals surface area contributed by atoms with E-state index in [0.717, 1.165) is 18.9 Å². The monoisotopic (exact) mass is 507 g/mol. The fourth-order valence-electron chi connectivity index (χ4n) is 1.96. The predicted octanol–water partition coefficient (Wildman–Crippen LogP) is -1.73. The van der Waals surface area contributed by atoms with Gasteiger partial charge in [0, 0.05) is 12.1 Å². The van der Waals surface area contributed by atoms with Crippen molar-refractivity contribution in [3.63, 3.8) is 0 Å². The van der Waals surface area contributed by atoms with Gasteiger partial charge in [-0.05, 0) is 30.0 Å². The van der Waals surface area contributed by atoms with Crippen LogP contribution in [0, 0.1) is 0 Å². The van der Waals surface area contributed by atoms with E-state index in [2.05, 4.69) is 0 Å². The quantitative estimate of drug-likeness (QED) is 0.472. The van der Waals surface area contributed by atoms with Crippen molar-refractivity contribution in [3.8, 4) is 0 Å². The van der Waals surface area contributed by atoms with Gasteiger partial charge in [0.15, 0.2) is 0 Å². The van der Waals surface area contributed by atoms with E-state index in [4.69, 9.17) is 11.5 Å². The first-order chi connectivity index (χ1) is 9.41. The Kier molecular flexibility index (Phi) is 15.2. The van der Waals surface area contributed by atoms with Crippen molar-refractivity contribution < 1.29 is 51.8 Å². The zero-order chi connectivity index (χ0) is 15.1. The molecule has 1 aromatic carbocycles. The van der Waals surface area contributed by atoms with E-state index in [1.54, 1.807) is 0 Å². The molecule has 2 unspecified atom stereocenters. The zero-order valence-electron chi connectivity index (χ0n) is 12.3. The smallest absolute Gasteiger partial charge is 0.870 e. The van der Waals surface area contributed by atoms with Crippen LogP contribution in [0.5, 0.6) is 0 Å². The van der Waals surface area contributed by atoms with Gasteiger partial charge in [0.1, 0.15) is 0 Å². The van der Waals surface area contributed by atoms with Gasteiger partial charge in [-0.25, -0.2) is 0 Å². The van der Waals surface area contributed by atoms with Crippen LogP contribution in [-0.2, 0) is 21.1 Å². The molecule has 1 fully saturated rings. The molecule has 132 valence electrons. The third-order valence-electron chi connectivity index (χ3n) is 3.21. The van der Waals surface area contributed by atoms with Gasteiger partial charge in [-0.1, -0.05) is 31.0 Å². The number of carbonyl (C=O) groups is 2. The summed E-state index contributed by atoms with van der Waals surface area (Å²) in [6.45, 7) is 0. The molecule has 23 heavy (non-hydrogen) atoms. The Hall–Kier alpha value is -1.31. The number of nitrogens with two attached hydrogens (primary N) is 2. The van der Waals surface area contributed by atoms with Gasteiger partial charge in [0.2, 0.25) is 0 Å². The largest absolute Gasteiger partial charge is 4.00 e. The van der Waals surface area contributed by atoms with Crippen LogP contribution in [0.25, 0.3) is 0 Å². The molecule has 6 N–H and O–H groups in total. The van der Waals surface area contributed by atoms with E-state index < -0.39 is 11.9 Å². The van der Waals surface area contributed by atoms with Crippen LogP contribution in [-0.4, -0.2) is 35.0 Å². The van der Waals surface area contributed by atoms with E-state index in [-0.39, 0.29) is 55.2 Å². The normalized spacial score (nSPS) is 18.7. The molecular formula is C14H20N2O6Pt. The molecule has 1 aliphatic rings. The van der Waals surface area contributed by atoms with E-state index in [1.807, 2.05) is 0 Å². The first-order valence-corrected chi connectivity index (χ1v) is 6.45. The van der Waals surface area contributed by atoms with Gasteiger partial charge in [-0.2, -0.15) is 0 Å². The third kappa shape index (κ3) is 9.42. The summed E-state index contributed by atoms with van der Waals surface area (Å²) in [5, 5.41) is 20.5. The molecule has 0 spiro atoms. The molecule has 0 aromatic heterocycles. The van der Waals surface area contributed by atoms with Crippen molar-refractivity contribution in [1.29, 1.82) is 0 Å². The van der Waals surface area contributed by atoms with Gasteiger partial charge in [-0.3, -0.25) is 0 Å². The third-order valence-corrected chi connectivity index (χ3v) is 3.21. The van der Waals surface area contributed by atoms with Crippen LogP contribution in [0.3, 0.4) is 0 Å². The van der Waals surface area contributed by atoms with Crippen LogP contribution in [0.15, 0.2) is 24.3 Å². The molecule has 8 nitrogen and oxygen atoms in total. The molecule has 1 aliphatic carbocycles. The summed E-state index contributed by atoms with van der Waals surface area (Å²) in [6.07, 6.45) is 4.80. The van der Waals surface area contributed by atoms with Crippen LogP contribution < -0.4 is 21.7 Å². The van der Waals surface area contributed by atoms with Crippen molar-refractivity contribution in [3.05, 3.63) is 35.4 Å². The first-order valence-electron chi connectivity index (χ1n) is 6.45. The number of hydrogen-bond acceptors (Lipinski definition) is 8. The minimum atomic E-state index is -1.40. The van der Waals surface area contributed by atoms with Crippen molar-refractivity contribution in [2.75, 3.05) is 0 Å². The fraction of sp³-hybridized carbons (Fsp3) is 0.429. The van der Waals surface area contributed by atoms with Crippen molar-refractivity contribution >= 4 is 11.9 Å². The second kappa shape index (κ2) is 13.2. The van der Waals surface area contributed by atoms with E-state index in [1.165, 1.54) is 31.0 Å². The average Bonchev–Trinajstić information content (AvgIpc) is 2.43. The van der Waals surface area contributed by atoms with Crippen LogP contribution in [0.1, 0.15) is 46.4 Å². The molecule has 0 amide bonds. The Balaban J connectivity index is -0.000000325. The summed E-state index contributed by atoms with van der Waals surface area (Å²) in [5.41, 5.74) is 11.0. The Labute approximate surface area is 148 Å². The summed E-state index contributed by atoms with van der Waals surface area (Å²) >= 11 is 0. The Morgan fingerprint density at radius 3 is 1.52 bits per heavy atom. The number of carbonyl (C=O) groups excluding carboxylic acids is 2. The summed E-state index contributed by atoms with van der Waals surface area (Å²) in [5.74, 6) is -2.81. The second-order valence-electron chi connectivity index (χ2n) is 4.77. The minimum absolute atomic E-state index is 0. The molecule has 1 saturated carbocycles. The Morgan fingerprint density at radius 1 is 0.913 bits per heavy atom. The number of rotatable bonds is 2. The summed E-state index contributed by atoms with van der Waals surface area (Å²) in [6, 6.07) is 5.37. The average molecular weight is 507 g/mol. The summed E-state index contributed by atoms with van der Waals surface area (Å²) in [7, 11) is 0. The van der Waals surface area contributed by atoms with Crippen LogP contribution in [0.4, 0.5) is 0 Å². The van der Waals surface area contributed by atoms with Crippen LogP contribution >= 0.6 is 0 Å². The molecule has 0 saturated heterocycles. The molecule has 0 aliphatic heterocycles. The molecule has 0 radical (unpaired) electrons. The SMILES string of the molecule is NC1CCCCC1N.O=C([O-])c1cccc(C(=O)[O-])c1.[OH-].[OH-].[Pt+4]. The molecule has 1 aromatic rings. The van der Waals surface area contributed by atoms with Gasteiger partial charge >= 0.3 is 21.1 Å². The standard InChI is InChI=1S/C8H6O4.C6H14N2.2H2O.Pt/c9-7(10)5-2-1-3-6(4-5)8(11)12;7-5-3-1-2-4-6(5)8;;;/h1-4H,(H,9,10)(H,11,12);5-6H,1-4,7-8H2;2*1H2;/q;;;;+4/p-4. The fourth-order valence-corrected chi connectivity index (χ4v) is 1.96. The molecule has 9 heteroatoms. The summed E-state index contributed by atoms with van der Waals surface area (Å²) in [4.78, 5) is 20.5. The van der Waals surface area contributed by atoms with Gasteiger partial charge in [-0.15, -0.1) is 0 Å². The molecule has 0 bridgehead atoms. The topological polar surface area (TPSA) is 192 Å². The van der Waals surface area contributed by atoms with Crippen LogP contribution in [0.2, 0.25) is 0 Å². The van der Waals surface area contributed by atoms with Gasteiger partial charge < -0.3 is 42.2 Å². The minimum Gasteiger partial charge on any atom is -0.870 e. The number of hydrogen-bond donors (Lipinski definition) is 2. The van der Waals surface area contributed by atoms with Gasteiger partial charge in [0.05, 0.1) is 11.9 Å². The Morgan fingerprint density at radius 2 is 1.26 bits per heavy atom. The maximum atomic E-state index is 10.3. The number of carboxylic acid groups (broad SMARTS) is 2.